The van der Waals surface area contributed by atoms with Crippen LogP contribution in [0.5, 0.6) is 0 Å². The zero-order valence-electron chi connectivity index (χ0n) is 8.37. The number of benzene rings is 1. The molecule has 0 fully saturated rings. The van der Waals surface area contributed by atoms with Crippen LogP contribution < -0.4 is 5.73 Å². The summed E-state index contributed by atoms with van der Waals surface area (Å²) < 4.78 is 0. The van der Waals surface area contributed by atoms with Gasteiger partial charge in [0, 0.05) is 11.9 Å². The number of nitrogens with two attached hydrogens (primary N) is 1. The van der Waals surface area contributed by atoms with Gasteiger partial charge in [0.2, 0.25) is 0 Å². The summed E-state index contributed by atoms with van der Waals surface area (Å²) >= 11 is 5.84. The van der Waals surface area contributed by atoms with Crippen LogP contribution in [-0.2, 0) is 0 Å². The van der Waals surface area contributed by atoms with E-state index in [9.17, 15) is 0 Å². The minimum atomic E-state index is 0.495. The molecular formula is C12H11ClN2. The van der Waals surface area contributed by atoms with Crippen LogP contribution in [0.25, 0.3) is 11.1 Å². The Labute approximate surface area is 93.7 Å². The highest BCUT2D eigenvalue weighted by Gasteiger charge is 2.03. The second kappa shape index (κ2) is 3.91. The third-order valence-corrected chi connectivity index (χ3v) is 2.51. The Morgan fingerprint density at radius 1 is 1.20 bits per heavy atom. The predicted octanol–water partition coefficient (Wildman–Crippen LogP) is 3.29. The van der Waals surface area contributed by atoms with E-state index in [1.165, 1.54) is 5.56 Å². The molecule has 0 unspecified atom stereocenters. The van der Waals surface area contributed by atoms with Crippen molar-refractivity contribution in [2.75, 3.05) is 5.73 Å². The van der Waals surface area contributed by atoms with Crippen LogP contribution in [-0.4, -0.2) is 4.98 Å². The third kappa shape index (κ3) is 2.10. The molecule has 2 aromatic rings. The first kappa shape index (κ1) is 9.99. The Hall–Kier alpha value is -1.54. The number of halogens is 1. The first-order valence-corrected chi connectivity index (χ1v) is 5.02. The highest BCUT2D eigenvalue weighted by atomic mass is 35.5. The topological polar surface area (TPSA) is 38.9 Å². The number of nitrogens with zero attached hydrogens (tertiary/aromatic N) is 1. The summed E-state index contributed by atoms with van der Waals surface area (Å²) in [5, 5.41) is 0.495. The largest absolute Gasteiger partial charge is 0.399 e. The molecule has 0 saturated carbocycles. The van der Waals surface area contributed by atoms with Gasteiger partial charge in [-0.15, -0.1) is 0 Å². The summed E-state index contributed by atoms with van der Waals surface area (Å²) in [7, 11) is 0. The highest BCUT2D eigenvalue weighted by Crippen LogP contribution is 2.26. The molecule has 0 bridgehead atoms. The van der Waals surface area contributed by atoms with E-state index in [0.717, 1.165) is 16.8 Å². The van der Waals surface area contributed by atoms with Gasteiger partial charge in [-0.2, -0.15) is 0 Å². The molecule has 15 heavy (non-hydrogen) atoms. The van der Waals surface area contributed by atoms with E-state index in [-0.39, 0.29) is 0 Å². The summed E-state index contributed by atoms with van der Waals surface area (Å²) in [6, 6.07) is 9.60. The van der Waals surface area contributed by atoms with Gasteiger partial charge >= 0.3 is 0 Å². The number of hydrogen-bond acceptors (Lipinski definition) is 2. The van der Waals surface area contributed by atoms with Crippen LogP contribution in [0, 0.1) is 6.92 Å². The number of pyridine rings is 1. The van der Waals surface area contributed by atoms with Crippen molar-refractivity contribution in [2.45, 2.75) is 6.92 Å². The van der Waals surface area contributed by atoms with E-state index in [0.29, 0.717) is 5.15 Å². The van der Waals surface area contributed by atoms with Crippen LogP contribution >= 0.6 is 11.6 Å². The predicted molar refractivity (Wildman–Crippen MR) is 63.8 cm³/mol. The lowest BCUT2D eigenvalue weighted by atomic mass is 10.0. The lowest BCUT2D eigenvalue weighted by Crippen LogP contribution is -1.89. The smallest absolute Gasteiger partial charge is 0.129 e. The fourth-order valence-corrected chi connectivity index (χ4v) is 1.69. The van der Waals surface area contributed by atoms with Crippen LogP contribution in [0.1, 0.15) is 5.56 Å². The molecule has 0 spiro atoms. The van der Waals surface area contributed by atoms with Gasteiger partial charge in [-0.1, -0.05) is 17.7 Å². The Morgan fingerprint density at radius 2 is 2.00 bits per heavy atom. The maximum atomic E-state index is 5.84. The summed E-state index contributed by atoms with van der Waals surface area (Å²) in [6.45, 7) is 2.04. The molecule has 0 amide bonds. The number of anilines is 1. The van der Waals surface area contributed by atoms with Crippen LogP contribution in [0.4, 0.5) is 5.69 Å². The quantitative estimate of drug-likeness (QED) is 0.589. The van der Waals surface area contributed by atoms with Crippen LogP contribution in [0.3, 0.4) is 0 Å². The van der Waals surface area contributed by atoms with E-state index in [1.54, 1.807) is 6.20 Å². The van der Waals surface area contributed by atoms with Crippen molar-refractivity contribution in [1.82, 2.24) is 4.98 Å². The Kier molecular flexibility index (Phi) is 2.60. The van der Waals surface area contributed by atoms with Gasteiger partial charge in [0.1, 0.15) is 5.15 Å². The SMILES string of the molecule is Cc1ccc(N)cc1-c1ccnc(Cl)c1. The monoisotopic (exact) mass is 218 g/mol. The normalized spacial score (nSPS) is 10.3. The lowest BCUT2D eigenvalue weighted by Gasteiger charge is -2.07. The number of nitrogen functional groups attached to an aromatic ring is 1. The van der Waals surface area contributed by atoms with Gasteiger partial charge in [-0.25, -0.2) is 4.98 Å². The van der Waals surface area contributed by atoms with Gasteiger partial charge < -0.3 is 5.73 Å². The maximum Gasteiger partial charge on any atom is 0.129 e. The minimum absolute atomic E-state index is 0.495. The molecule has 0 saturated heterocycles. The average molecular weight is 219 g/mol. The van der Waals surface area contributed by atoms with Gasteiger partial charge in [-0.05, 0) is 47.9 Å². The zero-order chi connectivity index (χ0) is 10.8. The second-order valence-electron chi connectivity index (χ2n) is 3.44. The third-order valence-electron chi connectivity index (χ3n) is 2.30. The molecule has 1 aromatic carbocycles. The average Bonchev–Trinajstić information content (AvgIpc) is 2.22. The van der Waals surface area contributed by atoms with Crippen LogP contribution in [0.2, 0.25) is 5.15 Å². The van der Waals surface area contributed by atoms with Crippen molar-refractivity contribution < 1.29 is 0 Å². The molecular weight excluding hydrogens is 208 g/mol. The summed E-state index contributed by atoms with van der Waals surface area (Å²) in [6.07, 6.45) is 1.69. The van der Waals surface area contributed by atoms with Crippen molar-refractivity contribution >= 4 is 17.3 Å². The lowest BCUT2D eigenvalue weighted by molar-refractivity contribution is 1.32. The molecule has 1 aromatic heterocycles. The van der Waals surface area contributed by atoms with E-state index >= 15 is 0 Å². The molecule has 2 nitrogen and oxygen atoms in total. The molecule has 0 atom stereocenters. The fraction of sp³-hybridized carbons (Fsp3) is 0.0833. The molecule has 0 aliphatic rings. The van der Waals surface area contributed by atoms with E-state index in [2.05, 4.69) is 4.98 Å². The zero-order valence-corrected chi connectivity index (χ0v) is 9.12. The maximum absolute atomic E-state index is 5.84. The molecule has 3 heteroatoms. The fourth-order valence-electron chi connectivity index (χ4n) is 1.52. The molecule has 0 radical (unpaired) electrons. The first-order valence-electron chi connectivity index (χ1n) is 4.65. The van der Waals surface area contributed by atoms with Crippen molar-refractivity contribution in [3.05, 3.63) is 47.2 Å². The van der Waals surface area contributed by atoms with Crippen molar-refractivity contribution in [2.24, 2.45) is 0 Å². The Bertz CT molecular complexity index is 495. The summed E-state index contributed by atoms with van der Waals surface area (Å²) in [5.74, 6) is 0. The molecule has 0 aliphatic heterocycles. The van der Waals surface area contributed by atoms with Crippen molar-refractivity contribution in [3.63, 3.8) is 0 Å². The van der Waals surface area contributed by atoms with Crippen LogP contribution in [0.15, 0.2) is 36.5 Å². The van der Waals surface area contributed by atoms with E-state index < -0.39 is 0 Å². The van der Waals surface area contributed by atoms with Gasteiger partial charge in [-0.3, -0.25) is 0 Å². The van der Waals surface area contributed by atoms with Crippen molar-refractivity contribution in [3.8, 4) is 11.1 Å². The Balaban J connectivity index is 2.58. The molecule has 0 aliphatic carbocycles. The number of hydrogen-bond donors (Lipinski definition) is 1. The van der Waals surface area contributed by atoms with Gasteiger partial charge in [0.15, 0.2) is 0 Å². The highest BCUT2D eigenvalue weighted by molar-refractivity contribution is 6.29. The number of aromatic nitrogens is 1. The summed E-state index contributed by atoms with van der Waals surface area (Å²) in [5.41, 5.74) is 9.82. The number of rotatable bonds is 1. The Morgan fingerprint density at radius 3 is 2.73 bits per heavy atom. The molecule has 2 N–H and O–H groups in total. The standard InChI is InChI=1S/C12H11ClN2/c1-8-2-3-10(14)7-11(8)9-4-5-15-12(13)6-9/h2-7H,14H2,1H3. The second-order valence-corrected chi connectivity index (χ2v) is 3.83. The first-order chi connectivity index (χ1) is 7.16. The van der Waals surface area contributed by atoms with Gasteiger partial charge in [0.25, 0.3) is 0 Å². The van der Waals surface area contributed by atoms with E-state index in [4.69, 9.17) is 17.3 Å². The van der Waals surface area contributed by atoms with Gasteiger partial charge in [0.05, 0.1) is 0 Å². The molecule has 76 valence electrons. The van der Waals surface area contributed by atoms with Crippen molar-refractivity contribution in [1.29, 1.82) is 0 Å². The van der Waals surface area contributed by atoms with E-state index in [1.807, 2.05) is 37.3 Å². The molecule has 1 heterocycles. The number of aryl methyl sites for hydroxylation is 1. The minimum Gasteiger partial charge on any atom is -0.399 e. The molecule has 2 rings (SSSR count). The summed E-state index contributed by atoms with van der Waals surface area (Å²) in [4.78, 5) is 3.95.